The summed E-state index contributed by atoms with van der Waals surface area (Å²) in [5, 5.41) is 0. The van der Waals surface area contributed by atoms with Crippen molar-refractivity contribution in [2.75, 3.05) is 0 Å². The fourth-order valence-electron chi connectivity index (χ4n) is 0. The molecule has 0 aliphatic carbocycles. The number of hydrogen-bond donors (Lipinski definition) is 1. The third-order valence-corrected chi connectivity index (χ3v) is 0. The van der Waals surface area contributed by atoms with Gasteiger partial charge in [-0.25, -0.2) is 0 Å². The molecule has 0 aromatic carbocycles. The van der Waals surface area contributed by atoms with Gasteiger partial charge in [0, 0.05) is 37.7 Å². The van der Waals surface area contributed by atoms with Crippen LogP contribution in [0.2, 0.25) is 0 Å². The molecular formula is C6H19ArNO3. The van der Waals surface area contributed by atoms with E-state index >= 15 is 0 Å². The maximum absolute atomic E-state index is 8.12. The first-order valence-electron chi connectivity index (χ1n) is 1.91. The van der Waals surface area contributed by atoms with Gasteiger partial charge in [-0.15, -0.1) is 13.2 Å². The normalized spacial score (nSPS) is 1.64. The van der Waals surface area contributed by atoms with Gasteiger partial charge in [0.15, 0.2) is 0 Å². The molecule has 11 heavy (non-hydrogen) atoms. The third-order valence-electron chi connectivity index (χ3n) is 0. The molecule has 4 nitrogen and oxygen atoms in total. The zero-order valence-electron chi connectivity index (χ0n) is 6.29. The fourth-order valence-corrected chi connectivity index (χ4v) is 0. The van der Waals surface area contributed by atoms with Gasteiger partial charge in [0.1, 0.15) is 0 Å². The van der Waals surface area contributed by atoms with E-state index in [0.29, 0.717) is 0 Å². The minimum absolute atomic E-state index is 0. The Labute approximate surface area is 98.9 Å². The predicted octanol–water partition coefficient (Wildman–Crippen LogP) is 1.22. The molecule has 0 saturated carbocycles. The largest absolute Gasteiger partial charge is 0.412 e. The molecule has 5 N–H and O–H groups in total. The molecule has 0 radical (unpaired) electrons. The molecule has 0 aliphatic rings. The molecule has 0 aromatic rings. The van der Waals surface area contributed by atoms with Gasteiger partial charge in [-0.3, -0.25) is 0 Å². The zero-order valence-corrected chi connectivity index (χ0v) is 7.00. The van der Waals surface area contributed by atoms with E-state index in [9.17, 15) is 0 Å². The van der Waals surface area contributed by atoms with Crippen LogP contribution in [0.25, 0.3) is 0 Å². The summed E-state index contributed by atoms with van der Waals surface area (Å²) in [7, 11) is 0. The summed E-state index contributed by atoms with van der Waals surface area (Å²) in [6.45, 7) is 10.0. The Kier molecular flexibility index (Phi) is 3110. The molecule has 5 heteroatoms. The molecular weight excluding hydrogens is 174 g/mol. The molecule has 74 valence electrons. The summed E-state index contributed by atoms with van der Waals surface area (Å²) < 4.78 is 0. The van der Waals surface area contributed by atoms with E-state index in [1.807, 2.05) is 13.8 Å². The molecule has 0 rings (SSSR count). The van der Waals surface area contributed by atoms with Crippen molar-refractivity contribution in [1.29, 1.82) is 0 Å². The summed E-state index contributed by atoms with van der Waals surface area (Å²) in [6.07, 6.45) is 0.250. The summed E-state index contributed by atoms with van der Waals surface area (Å²) >= 11 is 0. The van der Waals surface area contributed by atoms with E-state index in [1.54, 1.807) is 0 Å². The Balaban J connectivity index is -0.00000000378. The van der Waals surface area contributed by atoms with Gasteiger partial charge < -0.3 is 11.6 Å². The van der Waals surface area contributed by atoms with E-state index < -0.39 is 0 Å². The van der Waals surface area contributed by atoms with Gasteiger partial charge in [0.2, 0.25) is 0 Å². The van der Waals surface area contributed by atoms with Crippen LogP contribution in [0, 0.1) is 37.7 Å². The first-order chi connectivity index (χ1) is 3.41. The first-order valence-corrected chi connectivity index (χ1v) is 1.91. The van der Waals surface area contributed by atoms with Crippen LogP contribution in [0.15, 0.2) is 13.2 Å². The summed E-state index contributed by atoms with van der Waals surface area (Å²) in [5.41, 5.74) is 0. The quantitative estimate of drug-likeness (QED) is 0.585. The Morgan fingerprint density at radius 2 is 1.09 bits per heavy atom. The van der Waals surface area contributed by atoms with Crippen LogP contribution in [0.3, 0.4) is 0 Å². The average molecular weight is 193 g/mol. The van der Waals surface area contributed by atoms with Crippen LogP contribution in [0.4, 0.5) is 0 Å². The number of hydrogen-bond acceptors (Lipinski definition) is 3. The van der Waals surface area contributed by atoms with E-state index in [4.69, 9.17) is 9.59 Å². The van der Waals surface area contributed by atoms with Gasteiger partial charge in [-0.05, 0) is 0 Å². The Morgan fingerprint density at radius 3 is 1.09 bits per heavy atom. The maximum Gasteiger partial charge on any atom is 0.373 e. The fraction of sp³-hybridized carbons (Fsp3) is 0.500. The van der Waals surface area contributed by atoms with Crippen molar-refractivity contribution in [2.24, 2.45) is 0 Å². The minimum Gasteiger partial charge on any atom is -0.412 e. The van der Waals surface area contributed by atoms with Gasteiger partial charge in [0.25, 0.3) is 0 Å². The molecule has 0 bridgehead atoms. The van der Waals surface area contributed by atoms with Crippen LogP contribution < -0.4 is 6.15 Å². The molecule has 0 spiro atoms. The molecule has 0 atom stereocenters. The zero-order chi connectivity index (χ0) is 6.71. The smallest absolute Gasteiger partial charge is 0.373 e. The van der Waals surface area contributed by atoms with Crippen LogP contribution >= 0.6 is 0 Å². The van der Waals surface area contributed by atoms with Crippen molar-refractivity contribution in [3.05, 3.63) is 13.2 Å². The Bertz CT molecular complexity index is 47.1. The predicted molar refractivity (Wildman–Crippen MR) is 43.0 cm³/mol. The van der Waals surface area contributed by atoms with Crippen molar-refractivity contribution in [3.63, 3.8) is 0 Å². The number of rotatable bonds is 0. The second-order valence-corrected chi connectivity index (χ2v) is 0.0833. The minimum atomic E-state index is 0. The summed E-state index contributed by atoms with van der Waals surface area (Å²) in [5.74, 6) is 0. The van der Waals surface area contributed by atoms with Crippen LogP contribution in [-0.4, -0.2) is 11.6 Å². The third kappa shape index (κ3) is 7900. The van der Waals surface area contributed by atoms with Gasteiger partial charge >= 0.3 is 6.15 Å². The first kappa shape index (κ1) is 64.8. The second-order valence-electron chi connectivity index (χ2n) is 0.0833. The monoisotopic (exact) mass is 193 g/mol. The molecule has 0 fully saturated rings. The SMILES string of the molecule is C.C=C.CC.N.O.O=C=O.[Ar]. The Hall–Kier alpha value is 0.300. The van der Waals surface area contributed by atoms with E-state index in [0.717, 1.165) is 0 Å². The van der Waals surface area contributed by atoms with Gasteiger partial charge in [-0.2, -0.15) is 9.59 Å². The standard InChI is InChI=1S/C2H6.C2H4.CO2.CH4.Ar.H3N.H2O/c2*1-2;2-1-3;;;;/h1-2H3;1-2H2;;1H4;;1H3;1H2. The van der Waals surface area contributed by atoms with E-state index in [2.05, 4.69) is 13.2 Å². The van der Waals surface area contributed by atoms with Crippen molar-refractivity contribution in [2.45, 2.75) is 21.3 Å². The van der Waals surface area contributed by atoms with E-state index in [-0.39, 0.29) is 62.9 Å². The average Bonchev–Trinajstić information content (AvgIpc) is 1.78. The van der Waals surface area contributed by atoms with Gasteiger partial charge in [-0.1, -0.05) is 21.3 Å². The van der Waals surface area contributed by atoms with E-state index in [1.165, 1.54) is 0 Å². The van der Waals surface area contributed by atoms with Crippen LogP contribution in [-0.2, 0) is 9.59 Å². The number of carbonyl (C=O) groups excluding carboxylic acids is 2. The topological polar surface area (TPSA) is 101 Å². The molecule has 0 heterocycles. The maximum atomic E-state index is 8.12. The Morgan fingerprint density at radius 1 is 1.09 bits per heavy atom. The molecule has 0 amide bonds. The summed E-state index contributed by atoms with van der Waals surface area (Å²) in [6, 6.07) is 0. The van der Waals surface area contributed by atoms with Crippen molar-refractivity contribution >= 4 is 6.15 Å². The van der Waals surface area contributed by atoms with Crippen LogP contribution in [0.5, 0.6) is 0 Å². The second kappa shape index (κ2) is 527. The molecule has 0 aromatic heterocycles. The van der Waals surface area contributed by atoms with Crippen molar-refractivity contribution in [1.82, 2.24) is 6.15 Å². The van der Waals surface area contributed by atoms with Crippen molar-refractivity contribution < 1.29 is 52.8 Å². The van der Waals surface area contributed by atoms with Crippen LogP contribution in [0.1, 0.15) is 21.3 Å². The van der Waals surface area contributed by atoms with Gasteiger partial charge in [0.05, 0.1) is 0 Å². The summed E-state index contributed by atoms with van der Waals surface area (Å²) in [4.78, 5) is 16.2. The van der Waals surface area contributed by atoms with Crippen molar-refractivity contribution in [3.8, 4) is 0 Å². The molecule has 0 saturated heterocycles. The molecule has 0 unspecified atom stereocenters. The molecule has 0 aliphatic heterocycles.